The number of carbonyl (C=O) groups excluding carboxylic acids is 1. The molecule has 0 radical (unpaired) electrons. The number of aryl methyl sites for hydroxylation is 1. The quantitative estimate of drug-likeness (QED) is 0.877. The van der Waals surface area contributed by atoms with Crippen LogP contribution in [-0.4, -0.2) is 27.0 Å². The van der Waals surface area contributed by atoms with E-state index in [4.69, 9.17) is 5.11 Å². The third-order valence-electron chi connectivity index (χ3n) is 2.67. The van der Waals surface area contributed by atoms with Gasteiger partial charge in [-0.2, -0.15) is 0 Å². The standard InChI is InChI=1S/C14H13N3O3/c1-9-15-7-6-10(17-9)8-16-13(18)11-4-2-3-5-12(11)14(19)20/h2-7H,8H2,1H3,(H,16,18)(H,19,20). The molecule has 0 aliphatic heterocycles. The molecule has 2 aromatic rings. The highest BCUT2D eigenvalue weighted by Gasteiger charge is 2.15. The van der Waals surface area contributed by atoms with Gasteiger partial charge in [0.05, 0.1) is 23.4 Å². The Labute approximate surface area is 115 Å². The number of hydrogen-bond acceptors (Lipinski definition) is 4. The number of benzene rings is 1. The highest BCUT2D eigenvalue weighted by atomic mass is 16.4. The van der Waals surface area contributed by atoms with Gasteiger partial charge in [0.25, 0.3) is 5.91 Å². The van der Waals surface area contributed by atoms with Crippen LogP contribution in [0.4, 0.5) is 0 Å². The number of amides is 1. The van der Waals surface area contributed by atoms with Crippen molar-refractivity contribution < 1.29 is 14.7 Å². The van der Waals surface area contributed by atoms with Crippen molar-refractivity contribution in [3.63, 3.8) is 0 Å². The molecule has 6 heteroatoms. The Bertz CT molecular complexity index is 656. The zero-order chi connectivity index (χ0) is 14.5. The Balaban J connectivity index is 2.11. The van der Waals surface area contributed by atoms with Crippen molar-refractivity contribution in [1.82, 2.24) is 15.3 Å². The Morgan fingerprint density at radius 2 is 1.90 bits per heavy atom. The van der Waals surface area contributed by atoms with Crippen LogP contribution >= 0.6 is 0 Å². The fourth-order valence-electron chi connectivity index (χ4n) is 1.74. The lowest BCUT2D eigenvalue weighted by Gasteiger charge is -2.07. The molecule has 0 aliphatic carbocycles. The van der Waals surface area contributed by atoms with E-state index in [0.29, 0.717) is 11.5 Å². The number of hydrogen-bond donors (Lipinski definition) is 2. The maximum Gasteiger partial charge on any atom is 0.336 e. The summed E-state index contributed by atoms with van der Waals surface area (Å²) >= 11 is 0. The van der Waals surface area contributed by atoms with E-state index in [1.807, 2.05) is 0 Å². The van der Waals surface area contributed by atoms with Crippen molar-refractivity contribution in [3.05, 3.63) is 59.2 Å². The molecule has 1 heterocycles. The topological polar surface area (TPSA) is 92.2 Å². The van der Waals surface area contributed by atoms with Crippen molar-refractivity contribution in [2.45, 2.75) is 13.5 Å². The lowest BCUT2D eigenvalue weighted by molar-refractivity contribution is 0.0691. The highest BCUT2D eigenvalue weighted by Crippen LogP contribution is 2.08. The van der Waals surface area contributed by atoms with Gasteiger partial charge in [-0.25, -0.2) is 14.8 Å². The van der Waals surface area contributed by atoms with Gasteiger partial charge in [0.2, 0.25) is 0 Å². The van der Waals surface area contributed by atoms with Gasteiger partial charge in [-0.15, -0.1) is 0 Å². The van der Waals surface area contributed by atoms with Crippen LogP contribution in [-0.2, 0) is 6.54 Å². The van der Waals surface area contributed by atoms with E-state index >= 15 is 0 Å². The molecule has 0 spiro atoms. The molecule has 1 aromatic heterocycles. The van der Waals surface area contributed by atoms with Gasteiger partial charge < -0.3 is 10.4 Å². The van der Waals surface area contributed by atoms with Crippen molar-refractivity contribution >= 4 is 11.9 Å². The van der Waals surface area contributed by atoms with Gasteiger partial charge in [0.15, 0.2) is 0 Å². The summed E-state index contributed by atoms with van der Waals surface area (Å²) in [5.41, 5.74) is 0.772. The van der Waals surface area contributed by atoms with Gasteiger partial charge in [0.1, 0.15) is 5.82 Å². The predicted octanol–water partition coefficient (Wildman–Crippen LogP) is 1.41. The van der Waals surface area contributed by atoms with E-state index in [0.717, 1.165) is 0 Å². The summed E-state index contributed by atoms with van der Waals surface area (Å²) in [5, 5.41) is 11.7. The predicted molar refractivity (Wildman–Crippen MR) is 71.3 cm³/mol. The third kappa shape index (κ3) is 3.17. The molecule has 2 N–H and O–H groups in total. The van der Waals surface area contributed by atoms with E-state index < -0.39 is 11.9 Å². The maximum atomic E-state index is 12.0. The molecule has 0 bridgehead atoms. The molecule has 0 atom stereocenters. The number of carboxylic acids is 1. The summed E-state index contributed by atoms with van der Waals surface area (Å²) < 4.78 is 0. The first-order chi connectivity index (χ1) is 9.58. The van der Waals surface area contributed by atoms with Gasteiger partial charge >= 0.3 is 5.97 Å². The minimum atomic E-state index is -1.13. The Morgan fingerprint density at radius 1 is 1.20 bits per heavy atom. The van der Waals surface area contributed by atoms with Gasteiger partial charge in [0, 0.05) is 6.20 Å². The minimum Gasteiger partial charge on any atom is -0.478 e. The fourth-order valence-corrected chi connectivity index (χ4v) is 1.74. The smallest absolute Gasteiger partial charge is 0.336 e. The average molecular weight is 271 g/mol. The van der Waals surface area contributed by atoms with Crippen LogP contribution < -0.4 is 5.32 Å². The molecule has 0 saturated carbocycles. The summed E-state index contributed by atoms with van der Waals surface area (Å²) in [4.78, 5) is 31.2. The summed E-state index contributed by atoms with van der Waals surface area (Å²) in [6.07, 6.45) is 1.61. The summed E-state index contributed by atoms with van der Waals surface area (Å²) in [5.74, 6) is -0.962. The van der Waals surface area contributed by atoms with Crippen LogP contribution in [0, 0.1) is 6.92 Å². The minimum absolute atomic E-state index is 0.0242. The molecule has 0 unspecified atom stereocenters. The van der Waals surface area contributed by atoms with Crippen molar-refractivity contribution in [2.24, 2.45) is 0 Å². The molecule has 1 amide bonds. The number of carbonyl (C=O) groups is 2. The first kappa shape index (κ1) is 13.7. The van der Waals surface area contributed by atoms with E-state index in [9.17, 15) is 9.59 Å². The number of carboxylic acid groups (broad SMARTS) is 1. The molecule has 0 saturated heterocycles. The largest absolute Gasteiger partial charge is 0.478 e. The third-order valence-corrected chi connectivity index (χ3v) is 2.67. The molecule has 0 aliphatic rings. The van der Waals surface area contributed by atoms with Crippen molar-refractivity contribution in [2.75, 3.05) is 0 Å². The monoisotopic (exact) mass is 271 g/mol. The maximum absolute atomic E-state index is 12.0. The SMILES string of the molecule is Cc1nccc(CNC(=O)c2ccccc2C(=O)O)n1. The van der Waals surface area contributed by atoms with E-state index in [2.05, 4.69) is 15.3 Å². The first-order valence-electron chi connectivity index (χ1n) is 5.97. The second-order valence-electron chi connectivity index (χ2n) is 4.13. The molecule has 102 valence electrons. The van der Waals surface area contributed by atoms with Gasteiger partial charge in [-0.1, -0.05) is 12.1 Å². The molecule has 6 nitrogen and oxygen atoms in total. The highest BCUT2D eigenvalue weighted by molar-refractivity contribution is 6.04. The summed E-state index contributed by atoms with van der Waals surface area (Å²) in [6, 6.07) is 7.76. The second kappa shape index (κ2) is 5.92. The summed E-state index contributed by atoms with van der Waals surface area (Å²) in [6.45, 7) is 1.97. The molecule has 2 rings (SSSR count). The van der Waals surface area contributed by atoms with E-state index in [1.165, 1.54) is 12.1 Å². The molecular weight excluding hydrogens is 258 g/mol. The van der Waals surface area contributed by atoms with Crippen molar-refractivity contribution in [1.29, 1.82) is 0 Å². The Hall–Kier alpha value is -2.76. The van der Waals surface area contributed by atoms with Gasteiger partial charge in [-0.05, 0) is 25.1 Å². The molecule has 0 fully saturated rings. The van der Waals surface area contributed by atoms with Crippen LogP contribution in [0.25, 0.3) is 0 Å². The normalized spacial score (nSPS) is 10.1. The summed E-state index contributed by atoms with van der Waals surface area (Å²) in [7, 11) is 0. The lowest BCUT2D eigenvalue weighted by atomic mass is 10.1. The van der Waals surface area contributed by atoms with Crippen LogP contribution in [0.5, 0.6) is 0 Å². The van der Waals surface area contributed by atoms with Crippen LogP contribution in [0.2, 0.25) is 0 Å². The average Bonchev–Trinajstić information content (AvgIpc) is 2.45. The number of rotatable bonds is 4. The fraction of sp³-hybridized carbons (Fsp3) is 0.143. The second-order valence-corrected chi connectivity index (χ2v) is 4.13. The van der Waals surface area contributed by atoms with Gasteiger partial charge in [-0.3, -0.25) is 4.79 Å². The van der Waals surface area contributed by atoms with Crippen LogP contribution in [0.15, 0.2) is 36.5 Å². The van der Waals surface area contributed by atoms with E-state index in [-0.39, 0.29) is 17.7 Å². The molecule has 20 heavy (non-hydrogen) atoms. The number of aromatic carboxylic acids is 1. The van der Waals surface area contributed by atoms with Crippen molar-refractivity contribution in [3.8, 4) is 0 Å². The Kier molecular flexibility index (Phi) is 4.05. The van der Waals surface area contributed by atoms with E-state index in [1.54, 1.807) is 31.3 Å². The first-order valence-corrected chi connectivity index (χ1v) is 5.97. The van der Waals surface area contributed by atoms with Crippen LogP contribution in [0.3, 0.4) is 0 Å². The lowest BCUT2D eigenvalue weighted by Crippen LogP contribution is -2.25. The number of nitrogens with zero attached hydrogens (tertiary/aromatic N) is 2. The number of nitrogens with one attached hydrogen (secondary N) is 1. The number of aromatic nitrogens is 2. The molecular formula is C14H13N3O3. The van der Waals surface area contributed by atoms with Crippen LogP contribution in [0.1, 0.15) is 32.2 Å². The zero-order valence-corrected chi connectivity index (χ0v) is 10.8. The zero-order valence-electron chi connectivity index (χ0n) is 10.8. The Morgan fingerprint density at radius 3 is 2.55 bits per heavy atom. The molecule has 1 aromatic carbocycles.